The molecule has 0 aliphatic rings. The zero-order valence-corrected chi connectivity index (χ0v) is 15.5. The second-order valence-electron chi connectivity index (χ2n) is 5.69. The lowest BCUT2D eigenvalue weighted by Crippen LogP contribution is -2.01. The molecule has 0 aliphatic heterocycles. The molecule has 7 nitrogen and oxygen atoms in total. The normalized spacial score (nSPS) is 10.7. The predicted octanol–water partition coefficient (Wildman–Crippen LogP) is 4.09. The fourth-order valence-electron chi connectivity index (χ4n) is 2.66. The average Bonchev–Trinajstić information content (AvgIpc) is 3.00. The number of nitro benzene ring substituents is 1. The molecule has 1 heterocycles. The minimum absolute atomic E-state index is 0.0398. The Bertz CT molecular complexity index is 955. The van der Waals surface area contributed by atoms with E-state index in [1.165, 1.54) is 23.9 Å². The molecule has 0 saturated carbocycles. The molecular formula is C18H18N4O3S. The maximum absolute atomic E-state index is 11.0. The molecule has 3 rings (SSSR count). The van der Waals surface area contributed by atoms with Crippen molar-refractivity contribution in [2.45, 2.75) is 24.8 Å². The van der Waals surface area contributed by atoms with Crippen molar-refractivity contribution < 1.29 is 9.66 Å². The van der Waals surface area contributed by atoms with Crippen molar-refractivity contribution in [3.05, 3.63) is 69.5 Å². The first-order chi connectivity index (χ1) is 12.5. The molecule has 134 valence electrons. The molecule has 26 heavy (non-hydrogen) atoms. The Morgan fingerprint density at radius 2 is 1.96 bits per heavy atom. The minimum atomic E-state index is -0.409. The monoisotopic (exact) mass is 370 g/mol. The fraction of sp³-hybridized carbons (Fsp3) is 0.222. The number of rotatable bonds is 6. The van der Waals surface area contributed by atoms with E-state index >= 15 is 0 Å². The van der Waals surface area contributed by atoms with Crippen LogP contribution in [-0.4, -0.2) is 26.8 Å². The predicted molar refractivity (Wildman–Crippen MR) is 100 cm³/mol. The lowest BCUT2D eigenvalue weighted by Gasteiger charge is -2.12. The third kappa shape index (κ3) is 3.55. The zero-order valence-electron chi connectivity index (χ0n) is 14.7. The van der Waals surface area contributed by atoms with Crippen LogP contribution in [0.4, 0.5) is 5.69 Å². The number of nitrogens with zero attached hydrogens (tertiary/aromatic N) is 4. The fourth-order valence-corrected chi connectivity index (χ4v) is 3.63. The Balaban J connectivity index is 1.91. The Hall–Kier alpha value is -2.87. The third-order valence-electron chi connectivity index (χ3n) is 3.98. The van der Waals surface area contributed by atoms with Crippen LogP contribution < -0.4 is 4.74 Å². The zero-order chi connectivity index (χ0) is 18.7. The summed E-state index contributed by atoms with van der Waals surface area (Å²) in [5, 5.41) is 20.2. The summed E-state index contributed by atoms with van der Waals surface area (Å²) in [5.74, 6) is 1.88. The number of para-hydroxylation sites is 1. The molecule has 0 N–H and O–H groups in total. The highest BCUT2D eigenvalue weighted by Crippen LogP contribution is 2.31. The second kappa shape index (κ2) is 7.57. The van der Waals surface area contributed by atoms with Gasteiger partial charge in [0.15, 0.2) is 5.16 Å². The number of non-ortho nitro benzene ring substituents is 1. The largest absolute Gasteiger partial charge is 0.496 e. The summed E-state index contributed by atoms with van der Waals surface area (Å²) in [4.78, 5) is 10.6. The number of benzene rings is 2. The van der Waals surface area contributed by atoms with Gasteiger partial charge in [0.2, 0.25) is 0 Å². The maximum atomic E-state index is 11.0. The Labute approximate surface area is 155 Å². The van der Waals surface area contributed by atoms with Gasteiger partial charge >= 0.3 is 0 Å². The van der Waals surface area contributed by atoms with Gasteiger partial charge in [0.25, 0.3) is 5.69 Å². The smallest absolute Gasteiger partial charge is 0.270 e. The van der Waals surface area contributed by atoms with E-state index in [2.05, 4.69) is 10.2 Å². The molecular weight excluding hydrogens is 352 g/mol. The van der Waals surface area contributed by atoms with E-state index in [-0.39, 0.29) is 5.69 Å². The molecule has 0 unspecified atom stereocenters. The number of methoxy groups -OCH3 is 1. The molecule has 3 aromatic rings. The molecule has 0 aliphatic carbocycles. The summed E-state index contributed by atoms with van der Waals surface area (Å²) in [6.07, 6.45) is 0. The summed E-state index contributed by atoms with van der Waals surface area (Å²) >= 11 is 1.46. The molecule has 0 amide bonds. The third-order valence-corrected chi connectivity index (χ3v) is 4.96. The molecule has 0 saturated heterocycles. The van der Waals surface area contributed by atoms with E-state index in [1.807, 2.05) is 42.7 Å². The first-order valence-corrected chi connectivity index (χ1v) is 8.92. The van der Waals surface area contributed by atoms with Crippen molar-refractivity contribution in [2.24, 2.45) is 0 Å². The summed E-state index contributed by atoms with van der Waals surface area (Å²) < 4.78 is 7.32. The van der Waals surface area contributed by atoms with Crippen molar-refractivity contribution in [1.29, 1.82) is 0 Å². The highest BCUT2D eigenvalue weighted by molar-refractivity contribution is 7.98. The summed E-state index contributed by atoms with van der Waals surface area (Å²) in [7, 11) is 1.55. The van der Waals surface area contributed by atoms with Crippen LogP contribution in [0.3, 0.4) is 0 Å². The van der Waals surface area contributed by atoms with E-state index in [0.717, 1.165) is 27.8 Å². The van der Waals surface area contributed by atoms with Crippen LogP contribution in [0.1, 0.15) is 17.0 Å². The Morgan fingerprint density at radius 1 is 1.19 bits per heavy atom. The maximum Gasteiger partial charge on any atom is 0.270 e. The van der Waals surface area contributed by atoms with E-state index in [1.54, 1.807) is 13.2 Å². The first-order valence-electron chi connectivity index (χ1n) is 7.93. The van der Waals surface area contributed by atoms with Crippen LogP contribution in [0.2, 0.25) is 0 Å². The summed E-state index contributed by atoms with van der Waals surface area (Å²) in [6, 6.07) is 12.6. The van der Waals surface area contributed by atoms with Crippen molar-refractivity contribution in [3.63, 3.8) is 0 Å². The standard InChI is InChI=1S/C18H18N4O3S/c1-12-6-4-5-7-16(12)21-13(2)19-20-18(21)26-11-14-10-15(22(23)24)8-9-17(14)25-3/h4-10H,11H2,1-3H3. The van der Waals surface area contributed by atoms with Gasteiger partial charge in [-0.3, -0.25) is 14.7 Å². The number of hydrogen-bond donors (Lipinski definition) is 0. The highest BCUT2D eigenvalue weighted by Gasteiger charge is 2.16. The van der Waals surface area contributed by atoms with Gasteiger partial charge in [-0.05, 0) is 31.5 Å². The molecule has 2 aromatic carbocycles. The van der Waals surface area contributed by atoms with Crippen LogP contribution in [0.25, 0.3) is 5.69 Å². The number of aryl methyl sites for hydroxylation is 2. The number of hydrogen-bond acceptors (Lipinski definition) is 6. The van der Waals surface area contributed by atoms with Gasteiger partial charge in [-0.1, -0.05) is 30.0 Å². The van der Waals surface area contributed by atoms with Gasteiger partial charge in [-0.25, -0.2) is 0 Å². The highest BCUT2D eigenvalue weighted by atomic mass is 32.2. The van der Waals surface area contributed by atoms with Crippen molar-refractivity contribution in [1.82, 2.24) is 14.8 Å². The Kier molecular flexibility index (Phi) is 5.22. The lowest BCUT2D eigenvalue weighted by atomic mass is 10.2. The average molecular weight is 370 g/mol. The van der Waals surface area contributed by atoms with Crippen LogP contribution in [0.5, 0.6) is 5.75 Å². The number of thioether (sulfide) groups is 1. The van der Waals surface area contributed by atoms with E-state index < -0.39 is 4.92 Å². The van der Waals surface area contributed by atoms with Gasteiger partial charge in [0, 0.05) is 23.4 Å². The van der Waals surface area contributed by atoms with Crippen molar-refractivity contribution >= 4 is 17.4 Å². The molecule has 0 atom stereocenters. The van der Waals surface area contributed by atoms with Gasteiger partial charge in [-0.2, -0.15) is 0 Å². The SMILES string of the molecule is COc1ccc([N+](=O)[O-])cc1CSc1nnc(C)n1-c1ccccc1C. The quantitative estimate of drug-likeness (QED) is 0.369. The molecule has 0 bridgehead atoms. The second-order valence-corrected chi connectivity index (χ2v) is 6.64. The number of aromatic nitrogens is 3. The molecule has 0 radical (unpaired) electrons. The van der Waals surface area contributed by atoms with Crippen molar-refractivity contribution in [2.75, 3.05) is 7.11 Å². The molecule has 0 spiro atoms. The molecule has 8 heteroatoms. The van der Waals surface area contributed by atoms with Gasteiger partial charge in [-0.15, -0.1) is 10.2 Å². The molecule has 1 aromatic heterocycles. The van der Waals surface area contributed by atoms with Crippen LogP contribution >= 0.6 is 11.8 Å². The van der Waals surface area contributed by atoms with E-state index in [4.69, 9.17) is 4.74 Å². The van der Waals surface area contributed by atoms with E-state index in [0.29, 0.717) is 11.5 Å². The minimum Gasteiger partial charge on any atom is -0.496 e. The van der Waals surface area contributed by atoms with Gasteiger partial charge in [0.05, 0.1) is 17.7 Å². The molecule has 0 fully saturated rings. The number of ether oxygens (including phenoxy) is 1. The number of nitro groups is 1. The Morgan fingerprint density at radius 3 is 2.65 bits per heavy atom. The first kappa shape index (κ1) is 17.9. The van der Waals surface area contributed by atoms with Crippen LogP contribution in [0.15, 0.2) is 47.6 Å². The summed E-state index contributed by atoms with van der Waals surface area (Å²) in [6.45, 7) is 3.93. The topological polar surface area (TPSA) is 83.1 Å². The van der Waals surface area contributed by atoms with E-state index in [9.17, 15) is 10.1 Å². The summed E-state index contributed by atoms with van der Waals surface area (Å²) in [5.41, 5.74) is 2.91. The van der Waals surface area contributed by atoms with Crippen LogP contribution in [0, 0.1) is 24.0 Å². The van der Waals surface area contributed by atoms with Crippen LogP contribution in [-0.2, 0) is 5.75 Å². The lowest BCUT2D eigenvalue weighted by molar-refractivity contribution is -0.384. The van der Waals surface area contributed by atoms with Gasteiger partial charge < -0.3 is 4.74 Å². The van der Waals surface area contributed by atoms with Crippen molar-refractivity contribution in [3.8, 4) is 11.4 Å². The van der Waals surface area contributed by atoms with Gasteiger partial charge in [0.1, 0.15) is 11.6 Å².